The molecule has 0 aliphatic carbocycles. The topological polar surface area (TPSA) is 58.4 Å². The fraction of sp³-hybridized carbons (Fsp3) is 0.348. The molecule has 7 heteroatoms. The molecule has 1 fully saturated rings. The molecule has 0 saturated carbocycles. The summed E-state index contributed by atoms with van der Waals surface area (Å²) in [7, 11) is 1.81. The number of rotatable bonds is 5. The van der Waals surface area contributed by atoms with Gasteiger partial charge in [0, 0.05) is 50.5 Å². The van der Waals surface area contributed by atoms with Crippen LogP contribution in [0.25, 0.3) is 10.4 Å². The number of benzene rings is 1. The third-order valence-electron chi connectivity index (χ3n) is 5.66. The van der Waals surface area contributed by atoms with Gasteiger partial charge in [-0.2, -0.15) is 0 Å². The van der Waals surface area contributed by atoms with Crippen molar-refractivity contribution in [1.29, 1.82) is 0 Å². The van der Waals surface area contributed by atoms with Gasteiger partial charge in [0.15, 0.2) is 5.82 Å². The van der Waals surface area contributed by atoms with Crippen LogP contribution in [-0.2, 0) is 18.3 Å². The summed E-state index contributed by atoms with van der Waals surface area (Å²) in [6.07, 6.45) is 4.01. The van der Waals surface area contributed by atoms with E-state index in [0.717, 1.165) is 5.56 Å². The minimum Gasteiger partial charge on any atom is -0.341 e. The summed E-state index contributed by atoms with van der Waals surface area (Å²) in [5, 5.41) is 2.07. The van der Waals surface area contributed by atoms with E-state index in [2.05, 4.69) is 40.7 Å². The Balaban J connectivity index is 1.54. The average Bonchev–Trinajstić information content (AvgIpc) is 3.41. The maximum atomic E-state index is 13.1. The van der Waals surface area contributed by atoms with E-state index in [4.69, 9.17) is 0 Å². The summed E-state index contributed by atoms with van der Waals surface area (Å²) >= 11 is 1.71. The molecule has 4 rings (SSSR count). The maximum absolute atomic E-state index is 13.1. The molecular weight excluding hydrogens is 396 g/mol. The summed E-state index contributed by atoms with van der Waals surface area (Å²) in [6, 6.07) is 12.6. The van der Waals surface area contributed by atoms with E-state index in [1.807, 2.05) is 24.9 Å². The SMILES string of the molecule is CCN1CCN(C(=O)c2nccn2C)C[C@H](Cc2ccc(-c3cccs3)cc2)C1=O. The van der Waals surface area contributed by atoms with E-state index in [1.54, 1.807) is 33.2 Å². The van der Waals surface area contributed by atoms with Gasteiger partial charge in [0.1, 0.15) is 0 Å². The minimum atomic E-state index is -0.260. The lowest BCUT2D eigenvalue weighted by molar-refractivity contribution is -0.134. The molecule has 0 spiro atoms. The second-order valence-electron chi connectivity index (χ2n) is 7.61. The van der Waals surface area contributed by atoms with Gasteiger partial charge in [0.2, 0.25) is 5.91 Å². The normalized spacial score (nSPS) is 17.3. The van der Waals surface area contributed by atoms with Crippen LogP contribution in [0.2, 0.25) is 0 Å². The first-order chi connectivity index (χ1) is 14.6. The molecular formula is C23H26N4O2S. The van der Waals surface area contributed by atoms with Crippen LogP contribution < -0.4 is 0 Å². The summed E-state index contributed by atoms with van der Waals surface area (Å²) < 4.78 is 1.73. The zero-order chi connectivity index (χ0) is 21.1. The van der Waals surface area contributed by atoms with Crippen molar-refractivity contribution in [2.75, 3.05) is 26.2 Å². The Kier molecular flexibility index (Phi) is 5.99. The molecule has 2 amide bonds. The second-order valence-corrected chi connectivity index (χ2v) is 8.55. The smallest absolute Gasteiger partial charge is 0.289 e. The number of hydrogen-bond acceptors (Lipinski definition) is 4. The van der Waals surface area contributed by atoms with Crippen molar-refractivity contribution in [2.24, 2.45) is 13.0 Å². The lowest BCUT2D eigenvalue weighted by Gasteiger charge is -2.23. The van der Waals surface area contributed by atoms with Crippen molar-refractivity contribution < 1.29 is 9.59 Å². The van der Waals surface area contributed by atoms with Crippen LogP contribution in [0.4, 0.5) is 0 Å². The zero-order valence-electron chi connectivity index (χ0n) is 17.3. The zero-order valence-corrected chi connectivity index (χ0v) is 18.1. The largest absolute Gasteiger partial charge is 0.341 e. The molecule has 0 unspecified atom stereocenters. The summed E-state index contributed by atoms with van der Waals surface area (Å²) in [5.41, 5.74) is 2.29. The number of aryl methyl sites for hydroxylation is 1. The van der Waals surface area contributed by atoms with Gasteiger partial charge in [-0.1, -0.05) is 30.3 Å². The highest BCUT2D eigenvalue weighted by Gasteiger charge is 2.33. The van der Waals surface area contributed by atoms with Crippen molar-refractivity contribution in [3.63, 3.8) is 0 Å². The van der Waals surface area contributed by atoms with Crippen LogP contribution in [0.1, 0.15) is 23.1 Å². The predicted molar refractivity (Wildman–Crippen MR) is 118 cm³/mol. The van der Waals surface area contributed by atoms with Gasteiger partial charge in [0.25, 0.3) is 5.91 Å². The quantitative estimate of drug-likeness (QED) is 0.634. The van der Waals surface area contributed by atoms with E-state index in [0.29, 0.717) is 38.4 Å². The first kappa shape index (κ1) is 20.3. The number of amides is 2. The predicted octanol–water partition coefficient (Wildman–Crippen LogP) is 3.31. The van der Waals surface area contributed by atoms with Gasteiger partial charge < -0.3 is 14.4 Å². The number of carbonyl (C=O) groups is 2. The molecule has 3 heterocycles. The first-order valence-corrected chi connectivity index (χ1v) is 11.1. The van der Waals surface area contributed by atoms with Crippen molar-refractivity contribution in [2.45, 2.75) is 13.3 Å². The molecule has 1 atom stereocenters. The molecule has 0 N–H and O–H groups in total. The molecule has 30 heavy (non-hydrogen) atoms. The number of nitrogens with zero attached hydrogens (tertiary/aromatic N) is 4. The highest BCUT2D eigenvalue weighted by molar-refractivity contribution is 7.13. The average molecular weight is 423 g/mol. The molecule has 3 aromatic rings. The van der Waals surface area contributed by atoms with Crippen LogP contribution in [0.15, 0.2) is 54.2 Å². The van der Waals surface area contributed by atoms with Gasteiger partial charge in [-0.15, -0.1) is 11.3 Å². The molecule has 1 saturated heterocycles. The van der Waals surface area contributed by atoms with Gasteiger partial charge in [-0.25, -0.2) is 4.98 Å². The Bertz CT molecular complexity index is 1010. The maximum Gasteiger partial charge on any atom is 0.289 e. The number of thiophene rings is 1. The molecule has 1 aromatic carbocycles. The van der Waals surface area contributed by atoms with Crippen LogP contribution in [0.5, 0.6) is 0 Å². The minimum absolute atomic E-state index is 0.119. The number of carbonyl (C=O) groups excluding carboxylic acids is 2. The Morgan fingerprint density at radius 2 is 2.00 bits per heavy atom. The van der Waals surface area contributed by atoms with E-state index >= 15 is 0 Å². The van der Waals surface area contributed by atoms with Gasteiger partial charge >= 0.3 is 0 Å². The van der Waals surface area contributed by atoms with Crippen molar-refractivity contribution in [1.82, 2.24) is 19.4 Å². The third kappa shape index (κ3) is 4.16. The molecule has 156 valence electrons. The first-order valence-electron chi connectivity index (χ1n) is 10.2. The Morgan fingerprint density at radius 3 is 2.63 bits per heavy atom. The number of hydrogen-bond donors (Lipinski definition) is 0. The van der Waals surface area contributed by atoms with E-state index < -0.39 is 0 Å². The van der Waals surface area contributed by atoms with Crippen LogP contribution >= 0.6 is 11.3 Å². The number of imidazole rings is 1. The van der Waals surface area contributed by atoms with Crippen molar-refractivity contribution >= 4 is 23.2 Å². The lowest BCUT2D eigenvalue weighted by Crippen LogP contribution is -2.38. The van der Waals surface area contributed by atoms with E-state index in [9.17, 15) is 9.59 Å². The van der Waals surface area contributed by atoms with Crippen LogP contribution in [0, 0.1) is 5.92 Å². The summed E-state index contributed by atoms with van der Waals surface area (Å²) in [6.45, 7) is 4.13. The van der Waals surface area contributed by atoms with Crippen molar-refractivity contribution in [3.05, 3.63) is 65.6 Å². The third-order valence-corrected chi connectivity index (χ3v) is 6.58. The van der Waals surface area contributed by atoms with Gasteiger partial charge in [-0.3, -0.25) is 9.59 Å². The fourth-order valence-electron chi connectivity index (χ4n) is 3.94. The van der Waals surface area contributed by atoms with E-state index in [-0.39, 0.29) is 17.7 Å². The van der Waals surface area contributed by atoms with Gasteiger partial charge in [-0.05, 0) is 35.9 Å². The molecule has 1 aliphatic heterocycles. The molecule has 1 aliphatic rings. The molecule has 0 bridgehead atoms. The fourth-order valence-corrected chi connectivity index (χ4v) is 4.67. The summed E-state index contributed by atoms with van der Waals surface area (Å²) in [4.78, 5) is 35.2. The second kappa shape index (κ2) is 8.83. The molecule has 2 aromatic heterocycles. The van der Waals surface area contributed by atoms with Crippen molar-refractivity contribution in [3.8, 4) is 10.4 Å². The standard InChI is InChI=1S/C23H26N4O2S/c1-3-26-12-13-27(23(29)21-24-10-11-25(21)2)16-19(22(26)28)15-17-6-8-18(9-7-17)20-5-4-14-30-20/h4-11,14,19H,3,12-13,15-16H2,1-2H3/t19-/m0/s1. The Hall–Kier alpha value is -2.93. The molecule has 0 radical (unpaired) electrons. The highest BCUT2D eigenvalue weighted by atomic mass is 32.1. The highest BCUT2D eigenvalue weighted by Crippen LogP contribution is 2.26. The molecule has 6 nitrogen and oxygen atoms in total. The summed E-state index contributed by atoms with van der Waals surface area (Å²) in [5.74, 6) is 0.150. The number of aromatic nitrogens is 2. The van der Waals surface area contributed by atoms with Gasteiger partial charge in [0.05, 0.1) is 5.92 Å². The monoisotopic (exact) mass is 422 g/mol. The van der Waals surface area contributed by atoms with E-state index in [1.165, 1.54) is 10.4 Å². The lowest BCUT2D eigenvalue weighted by atomic mass is 9.96. The van der Waals surface area contributed by atoms with Crippen LogP contribution in [-0.4, -0.2) is 57.3 Å². The Morgan fingerprint density at radius 1 is 1.20 bits per heavy atom. The van der Waals surface area contributed by atoms with Crippen LogP contribution in [0.3, 0.4) is 0 Å². The number of likely N-dealkylation sites (N-methyl/N-ethyl adjacent to an activating group) is 1. The Labute approximate surface area is 180 Å².